The molecule has 0 aliphatic carbocycles. The number of aryl methyl sites for hydroxylation is 1. The number of aromatic nitrogens is 4. The van der Waals surface area contributed by atoms with Crippen LogP contribution in [0.1, 0.15) is 5.56 Å². The van der Waals surface area contributed by atoms with Crippen molar-refractivity contribution < 1.29 is 4.79 Å². The van der Waals surface area contributed by atoms with Crippen molar-refractivity contribution in [3.05, 3.63) is 60.2 Å². The van der Waals surface area contributed by atoms with Crippen LogP contribution in [0.3, 0.4) is 0 Å². The zero-order valence-corrected chi connectivity index (χ0v) is 14.7. The Balaban J connectivity index is 1.46. The van der Waals surface area contributed by atoms with Crippen LogP contribution in [-0.2, 0) is 11.3 Å². The number of nitrogens with zero attached hydrogens (tertiary/aromatic N) is 4. The zero-order valence-electron chi connectivity index (χ0n) is 13.9. The second-order valence-electron chi connectivity index (χ2n) is 5.47. The van der Waals surface area contributed by atoms with Crippen LogP contribution in [0.25, 0.3) is 11.4 Å². The summed E-state index contributed by atoms with van der Waals surface area (Å²) in [7, 11) is 0. The summed E-state index contributed by atoms with van der Waals surface area (Å²) in [6.45, 7) is 2.65. The van der Waals surface area contributed by atoms with Gasteiger partial charge < -0.3 is 5.32 Å². The van der Waals surface area contributed by atoms with Crippen molar-refractivity contribution >= 4 is 17.7 Å². The monoisotopic (exact) mass is 353 g/mol. The van der Waals surface area contributed by atoms with Gasteiger partial charge in [0.1, 0.15) is 6.54 Å². The van der Waals surface area contributed by atoms with Crippen molar-refractivity contribution in [2.24, 2.45) is 0 Å². The quantitative estimate of drug-likeness (QED) is 0.522. The molecule has 25 heavy (non-hydrogen) atoms. The number of tetrazole rings is 1. The molecule has 6 nitrogen and oxygen atoms in total. The lowest BCUT2D eigenvalue weighted by atomic mass is 10.1. The van der Waals surface area contributed by atoms with Crippen molar-refractivity contribution in [2.45, 2.75) is 18.4 Å². The number of carbonyl (C=O) groups excluding carboxylic acids is 1. The number of rotatable bonds is 7. The number of hydrogen-bond donors (Lipinski definition) is 1. The van der Waals surface area contributed by atoms with Gasteiger partial charge in [-0.05, 0) is 29.8 Å². The van der Waals surface area contributed by atoms with Gasteiger partial charge in [-0.3, -0.25) is 4.79 Å². The Morgan fingerprint density at radius 3 is 2.68 bits per heavy atom. The summed E-state index contributed by atoms with van der Waals surface area (Å²) < 4.78 is 0. The third-order valence-electron chi connectivity index (χ3n) is 3.56. The van der Waals surface area contributed by atoms with Crippen LogP contribution in [0.5, 0.6) is 0 Å². The second kappa shape index (κ2) is 8.43. The number of thioether (sulfide) groups is 1. The first kappa shape index (κ1) is 17.2. The molecule has 1 N–H and O–H groups in total. The standard InChI is InChI=1S/C18H19N5OS/c1-14-7-5-6-10-16(14)18-20-22-23(21-18)13-17(24)19-11-12-25-15-8-3-2-4-9-15/h2-10H,11-13H2,1H3,(H,19,24). The first-order valence-corrected chi connectivity index (χ1v) is 8.99. The molecule has 0 bridgehead atoms. The topological polar surface area (TPSA) is 72.7 Å². The molecular weight excluding hydrogens is 334 g/mol. The van der Waals surface area contributed by atoms with Crippen molar-refractivity contribution in [3.63, 3.8) is 0 Å². The molecule has 3 rings (SSSR count). The third-order valence-corrected chi connectivity index (χ3v) is 4.57. The molecule has 0 saturated heterocycles. The molecule has 0 aliphatic heterocycles. The van der Waals surface area contributed by atoms with Crippen LogP contribution in [0.15, 0.2) is 59.5 Å². The molecule has 0 aliphatic rings. The molecule has 1 amide bonds. The highest BCUT2D eigenvalue weighted by molar-refractivity contribution is 7.99. The Morgan fingerprint density at radius 1 is 1.12 bits per heavy atom. The van der Waals surface area contributed by atoms with Gasteiger partial charge in [0.15, 0.2) is 0 Å². The molecular formula is C18H19N5OS. The fourth-order valence-electron chi connectivity index (χ4n) is 2.30. The van der Waals surface area contributed by atoms with Crippen LogP contribution in [0, 0.1) is 6.92 Å². The highest BCUT2D eigenvalue weighted by Crippen LogP contribution is 2.18. The van der Waals surface area contributed by atoms with E-state index in [-0.39, 0.29) is 12.5 Å². The molecule has 0 atom stereocenters. The Bertz CT molecular complexity index is 834. The van der Waals surface area contributed by atoms with E-state index in [1.165, 1.54) is 9.69 Å². The van der Waals surface area contributed by atoms with Crippen molar-refractivity contribution in [1.82, 2.24) is 25.5 Å². The Morgan fingerprint density at radius 2 is 1.88 bits per heavy atom. The third kappa shape index (κ3) is 4.90. The molecule has 3 aromatic rings. The molecule has 0 unspecified atom stereocenters. The van der Waals surface area contributed by atoms with Gasteiger partial charge in [-0.1, -0.05) is 42.5 Å². The molecule has 1 heterocycles. The van der Waals surface area contributed by atoms with Gasteiger partial charge in [0.25, 0.3) is 0 Å². The minimum atomic E-state index is -0.123. The maximum absolute atomic E-state index is 12.0. The summed E-state index contributed by atoms with van der Waals surface area (Å²) in [5, 5.41) is 15.2. The maximum Gasteiger partial charge on any atom is 0.243 e. The highest BCUT2D eigenvalue weighted by Gasteiger charge is 2.10. The average molecular weight is 353 g/mol. The van der Waals surface area contributed by atoms with Gasteiger partial charge in [0.05, 0.1) is 0 Å². The van der Waals surface area contributed by atoms with E-state index in [1.807, 2.05) is 49.4 Å². The van der Waals surface area contributed by atoms with Crippen LogP contribution < -0.4 is 5.32 Å². The number of nitrogens with one attached hydrogen (secondary N) is 1. The van der Waals surface area contributed by atoms with Gasteiger partial charge >= 0.3 is 0 Å². The summed E-state index contributed by atoms with van der Waals surface area (Å²) >= 11 is 1.71. The first-order valence-electron chi connectivity index (χ1n) is 8.01. The predicted octanol–water partition coefficient (Wildman–Crippen LogP) is 2.56. The van der Waals surface area contributed by atoms with Gasteiger partial charge in [-0.2, -0.15) is 4.80 Å². The maximum atomic E-state index is 12.0. The zero-order chi connectivity index (χ0) is 17.5. The molecule has 2 aromatic carbocycles. The van der Waals surface area contributed by atoms with Crippen LogP contribution >= 0.6 is 11.8 Å². The van der Waals surface area contributed by atoms with E-state index in [1.54, 1.807) is 11.8 Å². The van der Waals surface area contributed by atoms with Crippen molar-refractivity contribution in [2.75, 3.05) is 12.3 Å². The lowest BCUT2D eigenvalue weighted by molar-refractivity contribution is -0.121. The number of hydrogen-bond acceptors (Lipinski definition) is 5. The molecule has 0 fully saturated rings. The normalized spacial score (nSPS) is 10.6. The van der Waals surface area contributed by atoms with E-state index in [0.717, 1.165) is 16.9 Å². The van der Waals surface area contributed by atoms with Gasteiger partial charge in [0.2, 0.25) is 11.7 Å². The fourth-order valence-corrected chi connectivity index (χ4v) is 3.09. The summed E-state index contributed by atoms with van der Waals surface area (Å²) in [6.07, 6.45) is 0. The average Bonchev–Trinajstić information content (AvgIpc) is 3.08. The Hall–Kier alpha value is -2.67. The molecule has 0 radical (unpaired) electrons. The van der Waals surface area contributed by atoms with Gasteiger partial charge in [0, 0.05) is 22.8 Å². The first-order chi connectivity index (χ1) is 12.2. The van der Waals surface area contributed by atoms with Crippen LogP contribution in [0.2, 0.25) is 0 Å². The van der Waals surface area contributed by atoms with Gasteiger partial charge in [-0.15, -0.1) is 22.0 Å². The van der Waals surface area contributed by atoms with Crippen LogP contribution in [0.4, 0.5) is 0 Å². The van der Waals surface area contributed by atoms with E-state index in [2.05, 4.69) is 32.9 Å². The molecule has 7 heteroatoms. The van der Waals surface area contributed by atoms with E-state index in [9.17, 15) is 4.79 Å². The second-order valence-corrected chi connectivity index (χ2v) is 6.64. The van der Waals surface area contributed by atoms with Gasteiger partial charge in [-0.25, -0.2) is 0 Å². The van der Waals surface area contributed by atoms with Crippen LogP contribution in [-0.4, -0.2) is 38.4 Å². The lowest BCUT2D eigenvalue weighted by Gasteiger charge is -2.04. The summed E-state index contributed by atoms with van der Waals surface area (Å²) in [6, 6.07) is 17.9. The predicted molar refractivity (Wildman–Crippen MR) is 98.2 cm³/mol. The number of carbonyl (C=O) groups is 1. The highest BCUT2D eigenvalue weighted by atomic mass is 32.2. The van der Waals surface area contributed by atoms with E-state index in [0.29, 0.717) is 12.4 Å². The number of benzene rings is 2. The smallest absolute Gasteiger partial charge is 0.243 e. The van der Waals surface area contributed by atoms with E-state index >= 15 is 0 Å². The number of amides is 1. The molecule has 0 spiro atoms. The Labute approximate surface area is 150 Å². The SMILES string of the molecule is Cc1ccccc1-c1nnn(CC(=O)NCCSc2ccccc2)n1. The van der Waals surface area contributed by atoms with Crippen molar-refractivity contribution in [3.8, 4) is 11.4 Å². The summed E-state index contributed by atoms with van der Waals surface area (Å²) in [5.74, 6) is 1.22. The summed E-state index contributed by atoms with van der Waals surface area (Å²) in [4.78, 5) is 14.5. The minimum Gasteiger partial charge on any atom is -0.354 e. The minimum absolute atomic E-state index is 0.0644. The van der Waals surface area contributed by atoms with E-state index < -0.39 is 0 Å². The van der Waals surface area contributed by atoms with E-state index in [4.69, 9.17) is 0 Å². The Kier molecular flexibility index (Phi) is 5.79. The summed E-state index contributed by atoms with van der Waals surface area (Å²) in [5.41, 5.74) is 2.00. The van der Waals surface area contributed by atoms with Crippen molar-refractivity contribution in [1.29, 1.82) is 0 Å². The fraction of sp³-hybridized carbons (Fsp3) is 0.222. The lowest BCUT2D eigenvalue weighted by Crippen LogP contribution is -2.30. The molecule has 128 valence electrons. The molecule has 0 saturated carbocycles. The largest absolute Gasteiger partial charge is 0.354 e. The molecule has 1 aromatic heterocycles.